The van der Waals surface area contributed by atoms with Crippen LogP contribution in [0.15, 0.2) is 34.9 Å². The molecule has 0 radical (unpaired) electrons. The van der Waals surface area contributed by atoms with E-state index in [1.54, 1.807) is 13.0 Å². The Hall–Kier alpha value is -3.11. The van der Waals surface area contributed by atoms with E-state index in [9.17, 15) is 14.9 Å². The fourth-order valence-electron chi connectivity index (χ4n) is 3.86. The van der Waals surface area contributed by atoms with Gasteiger partial charge in [0.15, 0.2) is 11.5 Å². The molecule has 7 heteroatoms. The summed E-state index contributed by atoms with van der Waals surface area (Å²) in [6, 6.07) is 7.46. The van der Waals surface area contributed by atoms with Gasteiger partial charge >= 0.3 is 0 Å². The highest BCUT2D eigenvalue weighted by atomic mass is 16.5. The van der Waals surface area contributed by atoms with E-state index in [-0.39, 0.29) is 18.2 Å². The Kier molecular flexibility index (Phi) is 8.29. The monoisotopic (exact) mass is 452 g/mol. The van der Waals surface area contributed by atoms with Crippen LogP contribution in [0.5, 0.6) is 11.5 Å². The SMILES string of the molecule is CCOc1cc(/C=C2/C(=O)N(CC3CCCO3)C(=O)C(C#N)=C2C)ccc1OCCC(C)C. The summed E-state index contributed by atoms with van der Waals surface area (Å²) in [6.07, 6.45) is 4.13. The molecular formula is C26H32N2O5. The van der Waals surface area contributed by atoms with E-state index in [4.69, 9.17) is 14.2 Å². The second-order valence-electron chi connectivity index (χ2n) is 8.70. The lowest BCUT2D eigenvalue weighted by atomic mass is 9.93. The number of nitriles is 1. The van der Waals surface area contributed by atoms with Crippen LogP contribution in [0.4, 0.5) is 0 Å². The van der Waals surface area contributed by atoms with Gasteiger partial charge in [-0.3, -0.25) is 14.5 Å². The van der Waals surface area contributed by atoms with Gasteiger partial charge in [0, 0.05) is 12.2 Å². The van der Waals surface area contributed by atoms with Crippen molar-refractivity contribution in [3.05, 3.63) is 40.5 Å². The van der Waals surface area contributed by atoms with Gasteiger partial charge in [0.05, 0.1) is 25.9 Å². The van der Waals surface area contributed by atoms with Crippen molar-refractivity contribution in [2.45, 2.75) is 53.1 Å². The summed E-state index contributed by atoms with van der Waals surface area (Å²) < 4.78 is 17.3. The van der Waals surface area contributed by atoms with Gasteiger partial charge in [0.2, 0.25) is 0 Å². The number of carbonyl (C=O) groups excluding carboxylic acids is 2. The minimum Gasteiger partial charge on any atom is -0.490 e. The quantitative estimate of drug-likeness (QED) is 0.410. The summed E-state index contributed by atoms with van der Waals surface area (Å²) in [5.41, 5.74) is 1.41. The van der Waals surface area contributed by atoms with Crippen LogP contribution in [0.1, 0.15) is 52.5 Å². The fraction of sp³-hybridized carbons (Fsp3) is 0.500. The van der Waals surface area contributed by atoms with Gasteiger partial charge in [-0.2, -0.15) is 5.26 Å². The summed E-state index contributed by atoms with van der Waals surface area (Å²) in [5, 5.41) is 9.59. The maximum absolute atomic E-state index is 13.3. The maximum atomic E-state index is 13.3. The van der Waals surface area contributed by atoms with Crippen LogP contribution >= 0.6 is 0 Å². The van der Waals surface area contributed by atoms with Crippen molar-refractivity contribution in [2.24, 2.45) is 5.92 Å². The number of hydrogen-bond donors (Lipinski definition) is 0. The predicted molar refractivity (Wildman–Crippen MR) is 125 cm³/mol. The molecule has 1 aromatic carbocycles. The van der Waals surface area contributed by atoms with Crippen LogP contribution in [-0.2, 0) is 14.3 Å². The zero-order valence-electron chi connectivity index (χ0n) is 19.8. The molecule has 0 aromatic heterocycles. The van der Waals surface area contributed by atoms with Crippen LogP contribution < -0.4 is 9.47 Å². The largest absolute Gasteiger partial charge is 0.490 e. The van der Waals surface area contributed by atoms with E-state index in [1.165, 1.54) is 0 Å². The van der Waals surface area contributed by atoms with E-state index in [2.05, 4.69) is 13.8 Å². The number of amides is 2. The minimum atomic E-state index is -0.559. The predicted octanol–water partition coefficient (Wildman–Crippen LogP) is 4.28. The Bertz CT molecular complexity index is 996. The van der Waals surface area contributed by atoms with Gasteiger partial charge in [-0.05, 0) is 68.4 Å². The summed E-state index contributed by atoms with van der Waals surface area (Å²) in [5.74, 6) is 0.799. The molecule has 7 nitrogen and oxygen atoms in total. The second kappa shape index (κ2) is 11.2. The molecule has 2 heterocycles. The van der Waals surface area contributed by atoms with Gasteiger partial charge in [0.1, 0.15) is 11.6 Å². The molecule has 1 unspecified atom stereocenters. The molecule has 0 saturated carbocycles. The topological polar surface area (TPSA) is 88.9 Å². The number of benzene rings is 1. The highest BCUT2D eigenvalue weighted by molar-refractivity contribution is 6.19. The van der Waals surface area contributed by atoms with Gasteiger partial charge < -0.3 is 14.2 Å². The molecule has 33 heavy (non-hydrogen) atoms. The fourth-order valence-corrected chi connectivity index (χ4v) is 3.86. The third kappa shape index (κ3) is 5.82. The van der Waals surface area contributed by atoms with E-state index >= 15 is 0 Å². The molecule has 1 fully saturated rings. The second-order valence-corrected chi connectivity index (χ2v) is 8.70. The maximum Gasteiger partial charge on any atom is 0.271 e. The zero-order chi connectivity index (χ0) is 24.0. The number of ether oxygens (including phenoxy) is 3. The average Bonchev–Trinajstić information content (AvgIpc) is 3.29. The van der Waals surface area contributed by atoms with Crippen LogP contribution in [0.25, 0.3) is 6.08 Å². The molecule has 0 bridgehead atoms. The summed E-state index contributed by atoms with van der Waals surface area (Å²) >= 11 is 0. The standard InChI is InChI=1S/C26H32N2O5/c1-5-31-24-14-19(8-9-23(24)33-12-10-17(2)3)13-21-18(4)22(15-27)26(30)28(25(21)29)16-20-7-6-11-32-20/h8-9,13-14,17,20H,5-7,10-12,16H2,1-4H3/b21-13+. The number of rotatable bonds is 9. The summed E-state index contributed by atoms with van der Waals surface area (Å²) in [4.78, 5) is 27.2. The molecular weight excluding hydrogens is 420 g/mol. The Morgan fingerprint density at radius 1 is 1.24 bits per heavy atom. The number of imide groups is 1. The third-order valence-electron chi connectivity index (χ3n) is 5.77. The van der Waals surface area contributed by atoms with Crippen LogP contribution in [0.3, 0.4) is 0 Å². The molecule has 2 aliphatic heterocycles. The lowest BCUT2D eigenvalue weighted by Crippen LogP contribution is -2.46. The molecule has 1 atom stereocenters. The van der Waals surface area contributed by atoms with Crippen molar-refractivity contribution < 1.29 is 23.8 Å². The number of hydrogen-bond acceptors (Lipinski definition) is 6. The van der Waals surface area contributed by atoms with E-state index in [0.717, 1.165) is 29.7 Å². The number of nitrogens with zero attached hydrogens (tertiary/aromatic N) is 2. The van der Waals surface area contributed by atoms with Crippen molar-refractivity contribution in [3.8, 4) is 17.6 Å². The zero-order valence-corrected chi connectivity index (χ0v) is 19.8. The minimum absolute atomic E-state index is 0.0162. The van der Waals surface area contributed by atoms with Gasteiger partial charge in [-0.1, -0.05) is 19.9 Å². The Morgan fingerprint density at radius 2 is 2.03 bits per heavy atom. The average molecular weight is 453 g/mol. The third-order valence-corrected chi connectivity index (χ3v) is 5.77. The van der Waals surface area contributed by atoms with Crippen molar-refractivity contribution in [1.82, 2.24) is 4.90 Å². The van der Waals surface area contributed by atoms with Crippen molar-refractivity contribution >= 4 is 17.9 Å². The molecule has 0 aliphatic carbocycles. The molecule has 2 aliphatic rings. The smallest absolute Gasteiger partial charge is 0.271 e. The highest BCUT2D eigenvalue weighted by Crippen LogP contribution is 2.32. The molecule has 3 rings (SSSR count). The Morgan fingerprint density at radius 3 is 2.67 bits per heavy atom. The van der Waals surface area contributed by atoms with Crippen molar-refractivity contribution in [2.75, 3.05) is 26.4 Å². The molecule has 2 amide bonds. The Labute approximate surface area is 195 Å². The lowest BCUT2D eigenvalue weighted by Gasteiger charge is -2.29. The first-order chi connectivity index (χ1) is 15.8. The summed E-state index contributed by atoms with van der Waals surface area (Å²) in [6.45, 7) is 9.65. The van der Waals surface area contributed by atoms with Crippen molar-refractivity contribution in [3.63, 3.8) is 0 Å². The van der Waals surface area contributed by atoms with Gasteiger partial charge in [-0.15, -0.1) is 0 Å². The molecule has 1 aromatic rings. The van der Waals surface area contributed by atoms with Crippen LogP contribution in [-0.4, -0.2) is 49.2 Å². The lowest BCUT2D eigenvalue weighted by molar-refractivity contribution is -0.142. The molecule has 0 N–H and O–H groups in total. The van der Waals surface area contributed by atoms with E-state index in [1.807, 2.05) is 31.2 Å². The normalized spacial score (nSPS) is 20.1. The summed E-state index contributed by atoms with van der Waals surface area (Å²) in [7, 11) is 0. The molecule has 176 valence electrons. The van der Waals surface area contributed by atoms with Gasteiger partial charge in [-0.25, -0.2) is 0 Å². The molecule has 1 saturated heterocycles. The molecule has 0 spiro atoms. The van der Waals surface area contributed by atoms with E-state index in [0.29, 0.717) is 48.4 Å². The van der Waals surface area contributed by atoms with Crippen LogP contribution in [0.2, 0.25) is 0 Å². The first kappa shape index (κ1) is 24.5. The van der Waals surface area contributed by atoms with E-state index < -0.39 is 11.8 Å². The first-order valence-corrected chi connectivity index (χ1v) is 11.6. The highest BCUT2D eigenvalue weighted by Gasteiger charge is 2.37. The van der Waals surface area contributed by atoms with Crippen LogP contribution in [0, 0.1) is 17.2 Å². The first-order valence-electron chi connectivity index (χ1n) is 11.6. The number of carbonyl (C=O) groups is 2. The Balaban J connectivity index is 1.92. The van der Waals surface area contributed by atoms with Gasteiger partial charge in [0.25, 0.3) is 11.8 Å². The van der Waals surface area contributed by atoms with Crippen molar-refractivity contribution in [1.29, 1.82) is 5.26 Å².